The molecule has 0 saturated carbocycles. The minimum Gasteiger partial charge on any atom is -0.0757 e. The summed E-state index contributed by atoms with van der Waals surface area (Å²) in [4.78, 5) is 0. The van der Waals surface area contributed by atoms with Crippen LogP contribution in [0.1, 0.15) is 6.92 Å². The molecule has 1 heteroatoms. The van der Waals surface area contributed by atoms with E-state index in [1.54, 1.807) is 0 Å². The number of hydrogen-bond acceptors (Lipinski definition) is 0. The standard InChI is InChI=1S/C14H17Si/c1-12-9-10-14(11-12)15(2,3)13-7-5-4-6-8-13/h4-11H,1-3H3. The predicted octanol–water partition coefficient (Wildman–Crippen LogP) is 3.23. The SMILES string of the molecule is CC1=C[C]([Si](C)(C)c2ccccc2)C=C1. The van der Waals surface area contributed by atoms with Crippen LogP contribution in [0.15, 0.2) is 54.1 Å². The smallest absolute Gasteiger partial charge is 0.0757 e. The Hall–Kier alpha value is -1.08. The zero-order chi connectivity index (χ0) is 10.9. The van der Waals surface area contributed by atoms with E-state index in [2.05, 4.69) is 68.6 Å². The summed E-state index contributed by atoms with van der Waals surface area (Å²) in [6.45, 7) is 6.99. The van der Waals surface area contributed by atoms with E-state index in [4.69, 9.17) is 0 Å². The Morgan fingerprint density at radius 3 is 2.13 bits per heavy atom. The third-order valence-electron chi connectivity index (χ3n) is 3.13. The van der Waals surface area contributed by atoms with E-state index in [0.717, 1.165) is 0 Å². The second kappa shape index (κ2) is 3.82. The third kappa shape index (κ3) is 1.98. The van der Waals surface area contributed by atoms with Crippen molar-refractivity contribution < 1.29 is 0 Å². The van der Waals surface area contributed by atoms with E-state index in [-0.39, 0.29) is 0 Å². The molecule has 77 valence electrons. The molecule has 1 aliphatic carbocycles. The summed E-state index contributed by atoms with van der Waals surface area (Å²) < 4.78 is 0. The first-order valence-electron chi connectivity index (χ1n) is 5.40. The van der Waals surface area contributed by atoms with Gasteiger partial charge < -0.3 is 0 Å². The maximum atomic E-state index is 2.41. The molecule has 0 bridgehead atoms. The molecule has 0 atom stereocenters. The summed E-state index contributed by atoms with van der Waals surface area (Å²) in [5, 5.41) is 1.51. The monoisotopic (exact) mass is 213 g/mol. The van der Waals surface area contributed by atoms with E-state index < -0.39 is 8.07 Å². The summed E-state index contributed by atoms with van der Waals surface area (Å²) in [6, 6.07) is 10.9. The van der Waals surface area contributed by atoms with Crippen LogP contribution in [-0.4, -0.2) is 8.07 Å². The summed E-state index contributed by atoms with van der Waals surface area (Å²) in [5.41, 5.74) is 2.91. The van der Waals surface area contributed by atoms with Crippen LogP contribution in [0.25, 0.3) is 0 Å². The number of rotatable bonds is 2. The van der Waals surface area contributed by atoms with Crippen LogP contribution < -0.4 is 5.19 Å². The Kier molecular flexibility index (Phi) is 2.66. The molecular formula is C14H17Si. The van der Waals surface area contributed by atoms with Crippen molar-refractivity contribution in [2.45, 2.75) is 20.0 Å². The highest BCUT2D eigenvalue weighted by molar-refractivity contribution is 6.95. The molecular weight excluding hydrogens is 196 g/mol. The van der Waals surface area contributed by atoms with Gasteiger partial charge in [-0.15, -0.1) is 0 Å². The van der Waals surface area contributed by atoms with Crippen molar-refractivity contribution in [3.05, 3.63) is 59.7 Å². The molecule has 0 heterocycles. The van der Waals surface area contributed by atoms with Gasteiger partial charge in [-0.1, -0.05) is 72.4 Å². The fraction of sp³-hybridized carbons (Fsp3) is 0.214. The first-order valence-corrected chi connectivity index (χ1v) is 8.40. The van der Waals surface area contributed by atoms with Gasteiger partial charge in [0.25, 0.3) is 0 Å². The lowest BCUT2D eigenvalue weighted by molar-refractivity contribution is 1.51. The van der Waals surface area contributed by atoms with Gasteiger partial charge in [0.05, 0.1) is 8.07 Å². The van der Waals surface area contributed by atoms with Crippen LogP contribution in [0.2, 0.25) is 13.1 Å². The van der Waals surface area contributed by atoms with Gasteiger partial charge in [0, 0.05) is 5.54 Å². The van der Waals surface area contributed by atoms with Crippen molar-refractivity contribution in [1.29, 1.82) is 0 Å². The van der Waals surface area contributed by atoms with Gasteiger partial charge in [-0.05, 0) is 6.92 Å². The molecule has 1 aromatic carbocycles. The minimum atomic E-state index is -1.43. The molecule has 0 spiro atoms. The maximum absolute atomic E-state index is 2.41. The molecule has 2 rings (SSSR count). The molecule has 0 N–H and O–H groups in total. The lowest BCUT2D eigenvalue weighted by Crippen LogP contribution is -2.46. The van der Waals surface area contributed by atoms with Crippen LogP contribution in [-0.2, 0) is 0 Å². The highest BCUT2D eigenvalue weighted by Crippen LogP contribution is 2.27. The topological polar surface area (TPSA) is 0 Å². The van der Waals surface area contributed by atoms with Crippen molar-refractivity contribution in [2.24, 2.45) is 0 Å². The quantitative estimate of drug-likeness (QED) is 0.662. The molecule has 0 saturated heterocycles. The Balaban J connectivity index is 2.32. The van der Waals surface area contributed by atoms with Gasteiger partial charge in [-0.25, -0.2) is 0 Å². The van der Waals surface area contributed by atoms with Gasteiger partial charge in [0.15, 0.2) is 0 Å². The van der Waals surface area contributed by atoms with E-state index >= 15 is 0 Å². The average molecular weight is 213 g/mol. The number of hydrogen-bond donors (Lipinski definition) is 0. The van der Waals surface area contributed by atoms with Gasteiger partial charge in [-0.2, -0.15) is 0 Å². The Morgan fingerprint density at radius 1 is 0.933 bits per heavy atom. The second-order valence-electron chi connectivity index (χ2n) is 4.67. The predicted molar refractivity (Wildman–Crippen MR) is 69.7 cm³/mol. The Labute approximate surface area is 93.3 Å². The third-order valence-corrected chi connectivity index (χ3v) is 6.66. The van der Waals surface area contributed by atoms with Gasteiger partial charge in [0.1, 0.15) is 0 Å². The maximum Gasteiger partial charge on any atom is 0.0958 e. The van der Waals surface area contributed by atoms with Crippen molar-refractivity contribution in [2.75, 3.05) is 0 Å². The zero-order valence-electron chi connectivity index (χ0n) is 9.62. The van der Waals surface area contributed by atoms with E-state index in [9.17, 15) is 0 Å². The van der Waals surface area contributed by atoms with Crippen LogP contribution in [0.4, 0.5) is 0 Å². The lowest BCUT2D eigenvalue weighted by atomic mass is 10.3. The molecule has 0 nitrogen and oxygen atoms in total. The number of allylic oxidation sites excluding steroid dienone is 4. The molecule has 1 radical (unpaired) electrons. The molecule has 1 aromatic rings. The lowest BCUT2D eigenvalue weighted by Gasteiger charge is -2.27. The fourth-order valence-electron chi connectivity index (χ4n) is 1.97. The molecule has 0 aromatic heterocycles. The van der Waals surface area contributed by atoms with Crippen molar-refractivity contribution in [1.82, 2.24) is 0 Å². The normalized spacial score (nSPS) is 16.9. The van der Waals surface area contributed by atoms with Crippen LogP contribution in [0, 0.1) is 5.54 Å². The Bertz CT molecular complexity index is 399. The van der Waals surface area contributed by atoms with Crippen LogP contribution in [0.5, 0.6) is 0 Å². The van der Waals surface area contributed by atoms with E-state index in [1.165, 1.54) is 16.3 Å². The molecule has 0 unspecified atom stereocenters. The zero-order valence-corrected chi connectivity index (χ0v) is 10.6. The molecule has 0 amide bonds. The second-order valence-corrected chi connectivity index (χ2v) is 9.07. The summed E-state index contributed by atoms with van der Waals surface area (Å²) in [6.07, 6.45) is 6.83. The summed E-state index contributed by atoms with van der Waals surface area (Å²) in [7, 11) is -1.43. The van der Waals surface area contributed by atoms with E-state index in [0.29, 0.717) is 0 Å². The van der Waals surface area contributed by atoms with Gasteiger partial charge >= 0.3 is 0 Å². The van der Waals surface area contributed by atoms with Gasteiger partial charge in [-0.3, -0.25) is 0 Å². The first-order chi connectivity index (χ1) is 7.10. The Morgan fingerprint density at radius 2 is 1.60 bits per heavy atom. The van der Waals surface area contributed by atoms with Crippen molar-refractivity contribution in [3.8, 4) is 0 Å². The van der Waals surface area contributed by atoms with Crippen LogP contribution >= 0.6 is 0 Å². The summed E-state index contributed by atoms with van der Waals surface area (Å²) in [5.74, 6) is 0. The molecule has 0 aliphatic heterocycles. The average Bonchev–Trinajstić information content (AvgIpc) is 2.67. The van der Waals surface area contributed by atoms with E-state index in [1.807, 2.05) is 0 Å². The van der Waals surface area contributed by atoms with Gasteiger partial charge in [0.2, 0.25) is 0 Å². The molecule has 15 heavy (non-hydrogen) atoms. The highest BCUT2D eigenvalue weighted by atomic mass is 28.3. The van der Waals surface area contributed by atoms with Crippen molar-refractivity contribution >= 4 is 13.3 Å². The largest absolute Gasteiger partial charge is 0.0958 e. The minimum absolute atomic E-state index is 1.38. The molecule has 1 aliphatic rings. The van der Waals surface area contributed by atoms with Crippen molar-refractivity contribution in [3.63, 3.8) is 0 Å². The number of benzene rings is 1. The fourth-order valence-corrected chi connectivity index (χ4v) is 4.42. The highest BCUT2D eigenvalue weighted by Gasteiger charge is 2.32. The van der Waals surface area contributed by atoms with Crippen LogP contribution in [0.3, 0.4) is 0 Å². The first kappa shape index (κ1) is 10.4. The summed E-state index contributed by atoms with van der Waals surface area (Å²) >= 11 is 0. The molecule has 0 fully saturated rings.